The molecule has 87 valence electrons. The zero-order valence-corrected chi connectivity index (χ0v) is 10.1. The summed E-state index contributed by atoms with van der Waals surface area (Å²) in [4.78, 5) is 11.1. The summed E-state index contributed by atoms with van der Waals surface area (Å²) in [6.07, 6.45) is 0. The molecule has 0 unspecified atom stereocenters. The van der Waals surface area contributed by atoms with Crippen LogP contribution in [0.1, 0.15) is 11.3 Å². The van der Waals surface area contributed by atoms with Crippen molar-refractivity contribution in [3.05, 3.63) is 64.6 Å². The van der Waals surface area contributed by atoms with Crippen LogP contribution in [0.25, 0.3) is 0 Å². The molecule has 0 amide bonds. The van der Waals surface area contributed by atoms with E-state index in [0.29, 0.717) is 5.11 Å². The van der Waals surface area contributed by atoms with E-state index in [1.165, 1.54) is 10.7 Å². The third-order valence-corrected chi connectivity index (χ3v) is 2.58. The van der Waals surface area contributed by atoms with Crippen LogP contribution < -0.4 is 10.9 Å². The Bertz CT molecular complexity index is 571. The minimum Gasteiger partial charge on any atom is -0.352 e. The molecule has 0 atom stereocenters. The highest BCUT2D eigenvalue weighted by atomic mass is 32.1. The SMILES string of the molecule is Cc1cc(=O)[nH]n1C(=S)N[CH]c1ccccc1. The van der Waals surface area contributed by atoms with E-state index in [-0.39, 0.29) is 5.56 Å². The lowest BCUT2D eigenvalue weighted by Crippen LogP contribution is -2.28. The van der Waals surface area contributed by atoms with Crippen LogP contribution in [0.2, 0.25) is 0 Å². The minimum absolute atomic E-state index is 0.161. The van der Waals surface area contributed by atoms with E-state index < -0.39 is 0 Å². The van der Waals surface area contributed by atoms with Crippen LogP contribution in [0.15, 0.2) is 41.2 Å². The Hall–Kier alpha value is -1.88. The normalized spacial score (nSPS) is 10.2. The zero-order valence-electron chi connectivity index (χ0n) is 9.31. The average Bonchev–Trinajstić information content (AvgIpc) is 2.67. The summed E-state index contributed by atoms with van der Waals surface area (Å²) in [5.74, 6) is 0. The van der Waals surface area contributed by atoms with Crippen LogP contribution in [-0.2, 0) is 0 Å². The van der Waals surface area contributed by atoms with Gasteiger partial charge in [-0.15, -0.1) is 0 Å². The Morgan fingerprint density at radius 2 is 2.12 bits per heavy atom. The van der Waals surface area contributed by atoms with Crippen LogP contribution >= 0.6 is 12.2 Å². The van der Waals surface area contributed by atoms with Crippen molar-refractivity contribution in [3.8, 4) is 0 Å². The first-order valence-corrected chi connectivity index (χ1v) is 5.55. The fourth-order valence-electron chi connectivity index (χ4n) is 1.45. The molecule has 0 bridgehead atoms. The Balaban J connectivity index is 2.03. The fraction of sp³-hybridized carbons (Fsp3) is 0.0833. The van der Waals surface area contributed by atoms with Crippen LogP contribution in [0.5, 0.6) is 0 Å². The van der Waals surface area contributed by atoms with Gasteiger partial charge in [-0.2, -0.15) is 0 Å². The lowest BCUT2D eigenvalue weighted by Gasteiger charge is -2.09. The molecule has 1 radical (unpaired) electrons. The number of nitrogens with one attached hydrogen (secondary N) is 2. The van der Waals surface area contributed by atoms with Crippen molar-refractivity contribution in [2.45, 2.75) is 6.92 Å². The van der Waals surface area contributed by atoms with E-state index in [4.69, 9.17) is 12.2 Å². The molecule has 4 nitrogen and oxygen atoms in total. The number of H-pyrrole nitrogens is 1. The van der Waals surface area contributed by atoms with Gasteiger partial charge in [-0.3, -0.25) is 9.89 Å². The molecule has 0 aliphatic carbocycles. The second-order valence-corrected chi connectivity index (χ2v) is 3.99. The summed E-state index contributed by atoms with van der Waals surface area (Å²) >= 11 is 5.17. The van der Waals surface area contributed by atoms with E-state index in [9.17, 15) is 4.79 Å². The van der Waals surface area contributed by atoms with Crippen molar-refractivity contribution >= 4 is 17.3 Å². The number of aromatic amines is 1. The topological polar surface area (TPSA) is 49.8 Å². The molecule has 2 N–H and O–H groups in total. The van der Waals surface area contributed by atoms with Gasteiger partial charge in [0, 0.05) is 11.8 Å². The Kier molecular flexibility index (Phi) is 3.39. The minimum atomic E-state index is -0.161. The highest BCUT2D eigenvalue weighted by Gasteiger charge is 2.04. The van der Waals surface area contributed by atoms with E-state index in [1.54, 1.807) is 6.54 Å². The van der Waals surface area contributed by atoms with E-state index >= 15 is 0 Å². The third kappa shape index (κ3) is 2.82. The lowest BCUT2D eigenvalue weighted by atomic mass is 10.2. The molecular formula is C12H12N3OS. The highest BCUT2D eigenvalue weighted by Crippen LogP contribution is 2.00. The molecule has 0 saturated carbocycles. The van der Waals surface area contributed by atoms with Crippen LogP contribution in [0, 0.1) is 13.5 Å². The smallest absolute Gasteiger partial charge is 0.264 e. The quantitative estimate of drug-likeness (QED) is 0.788. The number of hydrogen-bond acceptors (Lipinski definition) is 2. The molecule has 2 rings (SSSR count). The molecule has 1 aromatic carbocycles. The second kappa shape index (κ2) is 4.97. The van der Waals surface area contributed by atoms with Gasteiger partial charge in [-0.05, 0) is 24.7 Å². The van der Waals surface area contributed by atoms with Crippen molar-refractivity contribution in [3.63, 3.8) is 0 Å². The van der Waals surface area contributed by atoms with Gasteiger partial charge >= 0.3 is 0 Å². The summed E-state index contributed by atoms with van der Waals surface area (Å²) in [5.41, 5.74) is 1.63. The highest BCUT2D eigenvalue weighted by molar-refractivity contribution is 7.80. The molecule has 2 aromatic rings. The predicted octanol–water partition coefficient (Wildman–Crippen LogP) is 1.42. The van der Waals surface area contributed by atoms with E-state index in [1.807, 2.05) is 37.3 Å². The predicted molar refractivity (Wildman–Crippen MR) is 70.8 cm³/mol. The maximum absolute atomic E-state index is 11.1. The third-order valence-electron chi connectivity index (χ3n) is 2.28. The van der Waals surface area contributed by atoms with Gasteiger partial charge in [0.15, 0.2) is 5.11 Å². The number of aromatic nitrogens is 2. The van der Waals surface area contributed by atoms with Gasteiger partial charge in [0.25, 0.3) is 5.56 Å². The lowest BCUT2D eigenvalue weighted by molar-refractivity contribution is 0.860. The maximum atomic E-state index is 11.1. The first kappa shape index (κ1) is 11.6. The van der Waals surface area contributed by atoms with Gasteiger partial charge in [0.05, 0.1) is 6.54 Å². The van der Waals surface area contributed by atoms with Crippen LogP contribution in [-0.4, -0.2) is 14.9 Å². The number of thiocarbonyl (C=S) groups is 1. The fourth-order valence-corrected chi connectivity index (χ4v) is 1.70. The van der Waals surface area contributed by atoms with Gasteiger partial charge in [-0.25, -0.2) is 4.68 Å². The first-order chi connectivity index (χ1) is 8.16. The zero-order chi connectivity index (χ0) is 12.3. The number of hydrogen-bond donors (Lipinski definition) is 2. The number of rotatable bonds is 2. The summed E-state index contributed by atoms with van der Waals surface area (Å²) < 4.78 is 1.54. The van der Waals surface area contributed by atoms with Crippen LogP contribution in [0.3, 0.4) is 0 Å². The first-order valence-electron chi connectivity index (χ1n) is 5.14. The summed E-state index contributed by atoms with van der Waals surface area (Å²) in [5, 5.41) is 6.02. The van der Waals surface area contributed by atoms with Crippen molar-refractivity contribution < 1.29 is 0 Å². The van der Waals surface area contributed by atoms with Crippen molar-refractivity contribution in [1.29, 1.82) is 0 Å². The molecule has 0 aliphatic rings. The van der Waals surface area contributed by atoms with Crippen molar-refractivity contribution in [2.75, 3.05) is 0 Å². The second-order valence-electron chi connectivity index (χ2n) is 3.60. The molecule has 0 spiro atoms. The van der Waals surface area contributed by atoms with Crippen LogP contribution in [0.4, 0.5) is 0 Å². The maximum Gasteiger partial charge on any atom is 0.264 e. The summed E-state index contributed by atoms with van der Waals surface area (Å²) in [6, 6.07) is 11.3. The molecular weight excluding hydrogens is 234 g/mol. The molecule has 1 aromatic heterocycles. The molecule has 17 heavy (non-hydrogen) atoms. The standard InChI is InChI=1S/C12H12N3OS/c1-9-7-11(16)14-15(9)12(17)13-8-10-5-3-2-4-6-10/h2-8H,1H3,(H,13,17)(H,14,16). The number of benzene rings is 1. The molecule has 1 heterocycles. The van der Waals surface area contributed by atoms with Crippen molar-refractivity contribution in [2.24, 2.45) is 0 Å². The summed E-state index contributed by atoms with van der Waals surface area (Å²) in [6.45, 7) is 3.61. The number of nitrogens with zero attached hydrogens (tertiary/aromatic N) is 1. The average molecular weight is 246 g/mol. The Labute approximate surface area is 104 Å². The molecule has 0 saturated heterocycles. The van der Waals surface area contributed by atoms with Gasteiger partial charge in [0.2, 0.25) is 0 Å². The Morgan fingerprint density at radius 3 is 2.71 bits per heavy atom. The monoisotopic (exact) mass is 246 g/mol. The molecule has 0 aliphatic heterocycles. The van der Waals surface area contributed by atoms with Gasteiger partial charge < -0.3 is 5.32 Å². The Morgan fingerprint density at radius 1 is 1.41 bits per heavy atom. The largest absolute Gasteiger partial charge is 0.352 e. The number of aryl methyl sites for hydroxylation is 1. The van der Waals surface area contributed by atoms with Crippen molar-refractivity contribution in [1.82, 2.24) is 15.1 Å². The summed E-state index contributed by atoms with van der Waals surface area (Å²) in [7, 11) is 0. The van der Waals surface area contributed by atoms with E-state index in [2.05, 4.69) is 10.4 Å². The van der Waals surface area contributed by atoms with Gasteiger partial charge in [0.1, 0.15) is 0 Å². The molecule has 5 heteroatoms. The van der Waals surface area contributed by atoms with Gasteiger partial charge in [-0.1, -0.05) is 30.3 Å². The molecule has 0 fully saturated rings. The van der Waals surface area contributed by atoms with E-state index in [0.717, 1.165) is 11.3 Å².